The second-order valence-electron chi connectivity index (χ2n) is 6.77. The number of rotatable bonds is 7. The van der Waals surface area contributed by atoms with Crippen molar-refractivity contribution in [3.8, 4) is 11.5 Å². The minimum Gasteiger partial charge on any atom is -0.493 e. The summed E-state index contributed by atoms with van der Waals surface area (Å²) < 4.78 is 39.4. The summed E-state index contributed by atoms with van der Waals surface area (Å²) >= 11 is 7.84. The zero-order valence-electron chi connectivity index (χ0n) is 16.5. The maximum Gasteiger partial charge on any atom is 0.252 e. The number of hydrogen-bond donors (Lipinski definition) is 1. The van der Waals surface area contributed by atoms with E-state index in [4.69, 9.17) is 9.47 Å². The zero-order valence-corrected chi connectivity index (χ0v) is 21.3. The lowest BCUT2D eigenvalue weighted by Gasteiger charge is -2.30. The highest BCUT2D eigenvalue weighted by Crippen LogP contribution is 2.37. The van der Waals surface area contributed by atoms with Crippen molar-refractivity contribution in [2.45, 2.75) is 23.6 Å². The number of halogens is 2. The number of nitrogens with zero attached hydrogens (tertiary/aromatic N) is 1. The van der Waals surface area contributed by atoms with E-state index in [1.165, 1.54) is 15.6 Å². The van der Waals surface area contributed by atoms with Crippen LogP contribution in [0.2, 0.25) is 0 Å². The van der Waals surface area contributed by atoms with Gasteiger partial charge in [-0.1, -0.05) is 6.07 Å². The summed E-state index contributed by atoms with van der Waals surface area (Å²) in [6.45, 7) is 1.02. The zero-order chi connectivity index (χ0) is 21.9. The largest absolute Gasteiger partial charge is 0.493 e. The molecule has 0 radical (unpaired) electrons. The molecule has 0 aliphatic carbocycles. The summed E-state index contributed by atoms with van der Waals surface area (Å²) in [6.07, 6.45) is 0.982. The lowest BCUT2D eigenvalue weighted by atomic mass is 9.97. The molecule has 164 valence electrons. The van der Waals surface area contributed by atoms with E-state index in [9.17, 15) is 13.2 Å². The Balaban J connectivity index is 1.55. The number of sulfonamides is 1. The number of piperidine rings is 1. The van der Waals surface area contributed by atoms with Crippen molar-refractivity contribution < 1.29 is 22.7 Å². The molecule has 0 spiro atoms. The van der Waals surface area contributed by atoms with Crippen LogP contribution in [0.4, 0.5) is 0 Å². The molecule has 30 heavy (non-hydrogen) atoms. The first-order valence-corrected chi connectivity index (χ1v) is 13.0. The first kappa shape index (κ1) is 23.5. The van der Waals surface area contributed by atoms with Crippen LogP contribution in [0.25, 0.3) is 0 Å². The Hall–Kier alpha value is -1.14. The SMILES string of the molecule is COc1ccc(CNC(=O)C2CCN(S(=O)(=O)c3cc(Br)c(Br)s3)CC2)cc1OC. The molecule has 2 aromatic rings. The van der Waals surface area contributed by atoms with Crippen molar-refractivity contribution in [2.75, 3.05) is 27.3 Å². The van der Waals surface area contributed by atoms with Crippen LogP contribution in [-0.4, -0.2) is 45.9 Å². The first-order valence-electron chi connectivity index (χ1n) is 9.20. The van der Waals surface area contributed by atoms with Crippen LogP contribution >= 0.6 is 43.2 Å². The van der Waals surface area contributed by atoms with E-state index in [1.54, 1.807) is 26.4 Å². The van der Waals surface area contributed by atoms with E-state index in [2.05, 4.69) is 37.2 Å². The lowest BCUT2D eigenvalue weighted by Crippen LogP contribution is -2.42. The molecule has 1 amide bonds. The van der Waals surface area contributed by atoms with Crippen molar-refractivity contribution in [1.29, 1.82) is 0 Å². The highest BCUT2D eigenvalue weighted by Gasteiger charge is 2.33. The van der Waals surface area contributed by atoms with Gasteiger partial charge in [-0.3, -0.25) is 4.79 Å². The van der Waals surface area contributed by atoms with E-state index >= 15 is 0 Å². The number of ether oxygens (including phenoxy) is 2. The summed E-state index contributed by atoms with van der Waals surface area (Å²) in [5.74, 6) is 0.961. The summed E-state index contributed by atoms with van der Waals surface area (Å²) in [6, 6.07) is 7.09. The predicted octanol–water partition coefficient (Wildman–Crippen LogP) is 4.01. The molecule has 1 aromatic heterocycles. The molecule has 1 N–H and O–H groups in total. The van der Waals surface area contributed by atoms with Gasteiger partial charge >= 0.3 is 0 Å². The minimum atomic E-state index is -3.55. The Morgan fingerprint density at radius 2 is 1.83 bits per heavy atom. The van der Waals surface area contributed by atoms with E-state index in [1.807, 2.05) is 12.1 Å². The molecule has 3 rings (SSSR count). The number of amides is 1. The molecule has 1 saturated heterocycles. The van der Waals surface area contributed by atoms with E-state index < -0.39 is 10.0 Å². The van der Waals surface area contributed by atoms with Crippen LogP contribution in [0.1, 0.15) is 18.4 Å². The Kier molecular flexibility index (Phi) is 7.83. The second-order valence-corrected chi connectivity index (χ2v) is 12.2. The maximum atomic E-state index is 12.8. The van der Waals surface area contributed by atoms with Gasteiger partial charge in [0.25, 0.3) is 10.0 Å². The topological polar surface area (TPSA) is 84.9 Å². The Morgan fingerprint density at radius 1 is 1.17 bits per heavy atom. The first-order chi connectivity index (χ1) is 14.3. The van der Waals surface area contributed by atoms with Gasteiger partial charge in [0.15, 0.2) is 11.5 Å². The average molecular weight is 582 g/mol. The van der Waals surface area contributed by atoms with Crippen LogP contribution < -0.4 is 14.8 Å². The van der Waals surface area contributed by atoms with Gasteiger partial charge in [-0.05, 0) is 68.5 Å². The summed E-state index contributed by atoms with van der Waals surface area (Å²) in [4.78, 5) is 12.6. The Bertz CT molecular complexity index is 998. The third-order valence-corrected chi connectivity index (χ3v) is 10.6. The molecule has 0 unspecified atom stereocenters. The highest BCUT2D eigenvalue weighted by atomic mass is 79.9. The van der Waals surface area contributed by atoms with Crippen LogP contribution in [-0.2, 0) is 21.4 Å². The van der Waals surface area contributed by atoms with Gasteiger partial charge in [-0.2, -0.15) is 4.31 Å². The highest BCUT2D eigenvalue weighted by molar-refractivity contribution is 9.13. The minimum absolute atomic E-state index is 0.0663. The fourth-order valence-corrected chi connectivity index (χ4v) is 7.71. The number of benzene rings is 1. The van der Waals surface area contributed by atoms with Crippen molar-refractivity contribution in [2.24, 2.45) is 5.92 Å². The van der Waals surface area contributed by atoms with Gasteiger partial charge < -0.3 is 14.8 Å². The molecule has 2 heterocycles. The van der Waals surface area contributed by atoms with E-state index in [0.29, 0.717) is 44.0 Å². The second kappa shape index (κ2) is 9.99. The quantitative estimate of drug-likeness (QED) is 0.534. The maximum absolute atomic E-state index is 12.8. The van der Waals surface area contributed by atoms with Gasteiger partial charge in [-0.15, -0.1) is 11.3 Å². The standard InChI is InChI=1S/C19H22Br2N2O5S2/c1-27-15-4-3-12(9-16(15)28-2)11-22-19(24)13-5-7-23(8-6-13)30(25,26)17-10-14(20)18(21)29-17/h3-4,9-10,13H,5-8,11H2,1-2H3,(H,22,24). The number of thiophene rings is 1. The monoisotopic (exact) mass is 580 g/mol. The van der Waals surface area contributed by atoms with Gasteiger partial charge in [0, 0.05) is 30.0 Å². The molecular formula is C19H22Br2N2O5S2. The van der Waals surface area contributed by atoms with Crippen LogP contribution in [0.15, 0.2) is 36.7 Å². The number of carbonyl (C=O) groups excluding carboxylic acids is 1. The molecule has 0 saturated carbocycles. The van der Waals surface area contributed by atoms with E-state index in [0.717, 1.165) is 13.8 Å². The molecule has 0 bridgehead atoms. The fraction of sp³-hybridized carbons (Fsp3) is 0.421. The molecule has 11 heteroatoms. The third kappa shape index (κ3) is 5.18. The summed E-state index contributed by atoms with van der Waals surface area (Å²) in [5, 5.41) is 2.94. The van der Waals surface area contributed by atoms with E-state index in [-0.39, 0.29) is 16.0 Å². The predicted molar refractivity (Wildman–Crippen MR) is 123 cm³/mol. The number of carbonyl (C=O) groups is 1. The smallest absolute Gasteiger partial charge is 0.252 e. The lowest BCUT2D eigenvalue weighted by molar-refractivity contribution is -0.126. The fourth-order valence-electron chi connectivity index (χ4n) is 3.26. The molecule has 0 atom stereocenters. The molecule has 1 aliphatic rings. The Labute approximate surface area is 197 Å². The molecular weight excluding hydrogens is 560 g/mol. The number of hydrogen-bond acceptors (Lipinski definition) is 6. The van der Waals surface area contributed by atoms with Gasteiger partial charge in [0.2, 0.25) is 5.91 Å². The third-order valence-electron chi connectivity index (χ3n) is 4.96. The van der Waals surface area contributed by atoms with Gasteiger partial charge in [-0.25, -0.2) is 8.42 Å². The van der Waals surface area contributed by atoms with Crippen molar-refractivity contribution in [3.63, 3.8) is 0 Å². The summed E-state index contributed by atoms with van der Waals surface area (Å²) in [7, 11) is -0.412. The van der Waals surface area contributed by atoms with Crippen molar-refractivity contribution in [1.82, 2.24) is 9.62 Å². The van der Waals surface area contributed by atoms with Gasteiger partial charge in [0.1, 0.15) is 4.21 Å². The van der Waals surface area contributed by atoms with Crippen LogP contribution in [0, 0.1) is 5.92 Å². The molecule has 1 aromatic carbocycles. The van der Waals surface area contributed by atoms with Crippen LogP contribution in [0.3, 0.4) is 0 Å². The van der Waals surface area contributed by atoms with Gasteiger partial charge in [0.05, 0.1) is 18.0 Å². The average Bonchev–Trinajstić information content (AvgIpc) is 3.11. The summed E-state index contributed by atoms with van der Waals surface area (Å²) in [5.41, 5.74) is 0.898. The molecule has 1 aliphatic heterocycles. The molecule has 1 fully saturated rings. The normalized spacial score (nSPS) is 15.7. The van der Waals surface area contributed by atoms with Crippen molar-refractivity contribution in [3.05, 3.63) is 38.1 Å². The van der Waals surface area contributed by atoms with Crippen molar-refractivity contribution >= 4 is 59.1 Å². The Morgan fingerprint density at radius 3 is 2.40 bits per heavy atom. The van der Waals surface area contributed by atoms with Crippen LogP contribution in [0.5, 0.6) is 11.5 Å². The number of nitrogens with one attached hydrogen (secondary N) is 1. The number of methoxy groups -OCH3 is 2. The molecule has 7 nitrogen and oxygen atoms in total.